The second-order valence-electron chi connectivity index (χ2n) is 3.01. The maximum absolute atomic E-state index is 9.02. The van der Waals surface area contributed by atoms with E-state index in [0.717, 1.165) is 12.5 Å². The highest BCUT2D eigenvalue weighted by Crippen LogP contribution is 2.29. The Bertz CT molecular complexity index is 88.9. The average Bonchev–Trinajstić information content (AvgIpc) is 2.50. The summed E-state index contributed by atoms with van der Waals surface area (Å²) in [5.74, 6) is 0.879. The molecule has 2 heteroatoms. The molecule has 1 aliphatic carbocycles. The monoisotopic (exact) mass is 129 g/mol. The topological polar surface area (TPSA) is 23.5 Å². The van der Waals surface area contributed by atoms with Crippen LogP contribution in [0.5, 0.6) is 0 Å². The largest absolute Gasteiger partial charge is 0.379 e. The van der Waals surface area contributed by atoms with E-state index in [4.69, 9.17) is 5.11 Å². The summed E-state index contributed by atoms with van der Waals surface area (Å²) in [6, 6.07) is 0. The predicted molar refractivity (Wildman–Crippen MR) is 37.0 cm³/mol. The molecule has 54 valence electrons. The van der Waals surface area contributed by atoms with Crippen molar-refractivity contribution >= 4 is 0 Å². The lowest BCUT2D eigenvalue weighted by Gasteiger charge is -2.18. The average molecular weight is 129 g/mol. The molecule has 0 aliphatic heterocycles. The Morgan fingerprint density at radius 2 is 2.22 bits per heavy atom. The summed E-state index contributed by atoms with van der Waals surface area (Å²) < 4.78 is 0. The smallest absolute Gasteiger partial charge is 0.104 e. The zero-order valence-corrected chi connectivity index (χ0v) is 6.17. The van der Waals surface area contributed by atoms with Gasteiger partial charge in [-0.05, 0) is 32.7 Å². The summed E-state index contributed by atoms with van der Waals surface area (Å²) in [4.78, 5) is 1.98. The molecular weight excluding hydrogens is 114 g/mol. The van der Waals surface area contributed by atoms with Gasteiger partial charge in [-0.3, -0.25) is 4.90 Å². The van der Waals surface area contributed by atoms with Gasteiger partial charge in [-0.25, -0.2) is 0 Å². The van der Waals surface area contributed by atoms with Gasteiger partial charge in [0.25, 0.3) is 0 Å². The van der Waals surface area contributed by atoms with E-state index in [1.54, 1.807) is 0 Å². The molecule has 1 unspecified atom stereocenters. The van der Waals surface area contributed by atoms with Gasteiger partial charge in [-0.2, -0.15) is 0 Å². The highest BCUT2D eigenvalue weighted by molar-refractivity contribution is 4.75. The minimum atomic E-state index is -0.273. The first kappa shape index (κ1) is 7.03. The molecule has 0 radical (unpaired) electrons. The van der Waals surface area contributed by atoms with Crippen LogP contribution in [0.25, 0.3) is 0 Å². The van der Waals surface area contributed by atoms with Crippen LogP contribution >= 0.6 is 0 Å². The molecular formula is C7H15NO. The van der Waals surface area contributed by atoms with Crippen molar-refractivity contribution < 1.29 is 5.11 Å². The van der Waals surface area contributed by atoms with Gasteiger partial charge in [0.2, 0.25) is 0 Å². The van der Waals surface area contributed by atoms with Crippen molar-refractivity contribution in [3.8, 4) is 0 Å². The lowest BCUT2D eigenvalue weighted by molar-refractivity contribution is 0.0354. The van der Waals surface area contributed by atoms with Crippen molar-refractivity contribution in [3.05, 3.63) is 0 Å². The van der Waals surface area contributed by atoms with Crippen molar-refractivity contribution in [1.29, 1.82) is 0 Å². The zero-order valence-electron chi connectivity index (χ0n) is 6.17. The quantitative estimate of drug-likeness (QED) is 0.566. The van der Waals surface area contributed by atoms with Crippen molar-refractivity contribution in [2.45, 2.75) is 26.0 Å². The summed E-state index contributed by atoms with van der Waals surface area (Å²) in [7, 11) is 1.96. The van der Waals surface area contributed by atoms with Gasteiger partial charge in [-0.15, -0.1) is 0 Å². The van der Waals surface area contributed by atoms with Gasteiger partial charge in [0, 0.05) is 6.54 Å². The Hall–Kier alpha value is -0.0800. The van der Waals surface area contributed by atoms with Gasteiger partial charge in [0.05, 0.1) is 0 Å². The molecule has 0 aromatic heterocycles. The fraction of sp³-hybridized carbons (Fsp3) is 1.00. The molecule has 0 aromatic carbocycles. The Balaban J connectivity index is 2.09. The molecule has 0 bridgehead atoms. The summed E-state index contributed by atoms with van der Waals surface area (Å²) in [5, 5.41) is 9.02. The van der Waals surface area contributed by atoms with Crippen LogP contribution < -0.4 is 0 Å². The standard InChI is InChI=1S/C7H15NO/c1-6(9)8(2)5-7-3-4-7/h6-7,9H,3-5H2,1-2H3. The van der Waals surface area contributed by atoms with Crippen molar-refractivity contribution in [2.24, 2.45) is 5.92 Å². The predicted octanol–water partition coefficient (Wildman–Crippen LogP) is 0.666. The Kier molecular flexibility index (Phi) is 2.09. The molecule has 0 aromatic rings. The maximum atomic E-state index is 9.02. The number of aliphatic hydroxyl groups excluding tert-OH is 1. The van der Waals surface area contributed by atoms with Crippen LogP contribution in [0.15, 0.2) is 0 Å². The highest BCUT2D eigenvalue weighted by Gasteiger charge is 2.23. The zero-order chi connectivity index (χ0) is 6.85. The van der Waals surface area contributed by atoms with E-state index in [-0.39, 0.29) is 6.23 Å². The molecule has 0 amide bonds. The van der Waals surface area contributed by atoms with Crippen molar-refractivity contribution in [2.75, 3.05) is 13.6 Å². The van der Waals surface area contributed by atoms with Gasteiger partial charge >= 0.3 is 0 Å². The molecule has 1 saturated carbocycles. The fourth-order valence-corrected chi connectivity index (χ4v) is 0.860. The van der Waals surface area contributed by atoms with Gasteiger partial charge < -0.3 is 5.11 Å². The SMILES string of the molecule is CC(O)N(C)CC1CC1. The van der Waals surface area contributed by atoms with Crippen molar-refractivity contribution in [3.63, 3.8) is 0 Å². The van der Waals surface area contributed by atoms with E-state index in [2.05, 4.69) is 0 Å². The minimum Gasteiger partial charge on any atom is -0.379 e. The minimum absolute atomic E-state index is 0.273. The van der Waals surface area contributed by atoms with Crippen LogP contribution in [0, 0.1) is 5.92 Å². The van der Waals surface area contributed by atoms with Gasteiger partial charge in [-0.1, -0.05) is 0 Å². The first-order valence-electron chi connectivity index (χ1n) is 3.58. The van der Waals surface area contributed by atoms with Crippen LogP contribution in [0.4, 0.5) is 0 Å². The first-order valence-corrected chi connectivity index (χ1v) is 3.58. The van der Waals surface area contributed by atoms with E-state index in [0.29, 0.717) is 0 Å². The Morgan fingerprint density at radius 1 is 1.67 bits per heavy atom. The normalized spacial score (nSPS) is 22.7. The number of rotatable bonds is 3. The van der Waals surface area contributed by atoms with E-state index in [1.165, 1.54) is 12.8 Å². The highest BCUT2D eigenvalue weighted by atomic mass is 16.3. The van der Waals surface area contributed by atoms with E-state index >= 15 is 0 Å². The molecule has 2 nitrogen and oxygen atoms in total. The summed E-state index contributed by atoms with van der Waals surface area (Å²) in [6.07, 6.45) is 2.44. The molecule has 1 fully saturated rings. The molecule has 9 heavy (non-hydrogen) atoms. The maximum Gasteiger partial charge on any atom is 0.104 e. The van der Waals surface area contributed by atoms with Crippen LogP contribution in [-0.2, 0) is 0 Å². The van der Waals surface area contributed by atoms with E-state index in [9.17, 15) is 0 Å². The number of hydrogen-bond donors (Lipinski definition) is 1. The molecule has 1 N–H and O–H groups in total. The van der Waals surface area contributed by atoms with Crippen LogP contribution in [-0.4, -0.2) is 29.8 Å². The third-order valence-corrected chi connectivity index (χ3v) is 1.88. The summed E-state index contributed by atoms with van der Waals surface area (Å²) in [5.41, 5.74) is 0. The molecule has 1 atom stereocenters. The summed E-state index contributed by atoms with van der Waals surface area (Å²) in [6.45, 7) is 2.88. The number of aliphatic hydroxyl groups is 1. The molecule has 0 saturated heterocycles. The van der Waals surface area contributed by atoms with Crippen LogP contribution in [0.3, 0.4) is 0 Å². The van der Waals surface area contributed by atoms with Gasteiger partial charge in [0.1, 0.15) is 6.23 Å². The summed E-state index contributed by atoms with van der Waals surface area (Å²) >= 11 is 0. The molecule has 1 rings (SSSR count). The molecule has 1 aliphatic rings. The lowest BCUT2D eigenvalue weighted by atomic mass is 10.4. The second-order valence-corrected chi connectivity index (χ2v) is 3.01. The van der Waals surface area contributed by atoms with Gasteiger partial charge in [0.15, 0.2) is 0 Å². The van der Waals surface area contributed by atoms with E-state index in [1.807, 2.05) is 18.9 Å². The number of nitrogens with zero attached hydrogens (tertiary/aromatic N) is 1. The van der Waals surface area contributed by atoms with Crippen molar-refractivity contribution in [1.82, 2.24) is 4.90 Å². The fourth-order valence-electron chi connectivity index (χ4n) is 0.860. The second kappa shape index (κ2) is 2.67. The van der Waals surface area contributed by atoms with Crippen LogP contribution in [0.1, 0.15) is 19.8 Å². The third-order valence-electron chi connectivity index (χ3n) is 1.88. The molecule has 0 spiro atoms. The van der Waals surface area contributed by atoms with Crippen LogP contribution in [0.2, 0.25) is 0 Å². The number of hydrogen-bond acceptors (Lipinski definition) is 2. The molecule has 0 heterocycles. The third kappa shape index (κ3) is 2.33. The first-order chi connectivity index (χ1) is 4.20. The lowest BCUT2D eigenvalue weighted by Crippen LogP contribution is -2.30. The Morgan fingerprint density at radius 3 is 2.56 bits per heavy atom. The van der Waals surface area contributed by atoms with E-state index < -0.39 is 0 Å². The Labute approximate surface area is 56.5 Å².